The molecule has 0 saturated heterocycles. The van der Waals surface area contributed by atoms with Gasteiger partial charge in [-0.25, -0.2) is 13.4 Å². The van der Waals surface area contributed by atoms with Crippen molar-refractivity contribution in [1.82, 2.24) is 0 Å². The average molecular weight is 280 g/mol. The summed E-state index contributed by atoms with van der Waals surface area (Å²) in [5.74, 6) is 0.139. The number of nitrogens with zero attached hydrogens (tertiary/aromatic N) is 2. The van der Waals surface area contributed by atoms with E-state index in [4.69, 9.17) is 0 Å². The molecule has 1 aliphatic rings. The molecule has 0 N–H and O–H groups in total. The first kappa shape index (κ1) is 13.7. The number of hydrazone groups is 1. The summed E-state index contributed by atoms with van der Waals surface area (Å²) >= 11 is 0. The minimum atomic E-state index is -3.22. The Balaban J connectivity index is 2.31. The summed E-state index contributed by atoms with van der Waals surface area (Å²) in [6, 6.07) is 6.17. The van der Waals surface area contributed by atoms with Gasteiger partial charge in [0.25, 0.3) is 5.91 Å². The van der Waals surface area contributed by atoms with Crippen LogP contribution in [-0.2, 0) is 14.6 Å². The Bertz CT molecular complexity index is 630. The highest BCUT2D eigenvalue weighted by molar-refractivity contribution is 7.90. The molecule has 0 unspecified atom stereocenters. The topological polar surface area (TPSA) is 66.8 Å². The Morgan fingerprint density at radius 3 is 2.21 bits per heavy atom. The fraction of sp³-hybridized carbons (Fsp3) is 0.385. The molecule has 0 spiro atoms. The first-order chi connectivity index (χ1) is 8.79. The Morgan fingerprint density at radius 2 is 1.79 bits per heavy atom. The van der Waals surface area contributed by atoms with Gasteiger partial charge in [-0.15, -0.1) is 0 Å². The first-order valence-electron chi connectivity index (χ1n) is 5.99. The number of benzene rings is 1. The van der Waals surface area contributed by atoms with Gasteiger partial charge in [-0.1, -0.05) is 13.8 Å². The number of hydrogen-bond acceptors (Lipinski definition) is 4. The third-order valence-electron chi connectivity index (χ3n) is 2.97. The van der Waals surface area contributed by atoms with E-state index in [2.05, 4.69) is 5.10 Å². The highest BCUT2D eigenvalue weighted by atomic mass is 32.2. The molecule has 19 heavy (non-hydrogen) atoms. The van der Waals surface area contributed by atoms with Gasteiger partial charge in [-0.05, 0) is 30.2 Å². The van der Waals surface area contributed by atoms with Crippen molar-refractivity contribution in [3.63, 3.8) is 0 Å². The van der Waals surface area contributed by atoms with E-state index in [0.29, 0.717) is 12.1 Å². The van der Waals surface area contributed by atoms with Crippen molar-refractivity contribution >= 4 is 27.1 Å². The zero-order valence-electron chi connectivity index (χ0n) is 11.1. The van der Waals surface area contributed by atoms with Crippen LogP contribution in [0.1, 0.15) is 20.3 Å². The lowest BCUT2D eigenvalue weighted by Gasteiger charge is -2.11. The van der Waals surface area contributed by atoms with Crippen molar-refractivity contribution in [2.24, 2.45) is 11.0 Å². The van der Waals surface area contributed by atoms with Gasteiger partial charge in [-0.3, -0.25) is 4.79 Å². The molecule has 0 saturated carbocycles. The lowest BCUT2D eigenvalue weighted by atomic mass is 10.1. The fourth-order valence-corrected chi connectivity index (χ4v) is 2.44. The normalized spacial score (nSPS) is 16.1. The van der Waals surface area contributed by atoms with Crippen LogP contribution >= 0.6 is 0 Å². The van der Waals surface area contributed by atoms with Gasteiger partial charge in [0, 0.05) is 6.26 Å². The minimum Gasteiger partial charge on any atom is -0.272 e. The molecule has 0 atom stereocenters. The predicted octanol–water partition coefficient (Wildman–Crippen LogP) is 1.84. The van der Waals surface area contributed by atoms with Gasteiger partial charge in [0.05, 0.1) is 22.7 Å². The van der Waals surface area contributed by atoms with E-state index in [1.54, 1.807) is 12.1 Å². The first-order valence-corrected chi connectivity index (χ1v) is 7.88. The van der Waals surface area contributed by atoms with Crippen molar-refractivity contribution in [3.8, 4) is 0 Å². The van der Waals surface area contributed by atoms with Crippen molar-refractivity contribution in [2.75, 3.05) is 11.3 Å². The summed E-state index contributed by atoms with van der Waals surface area (Å²) in [7, 11) is -3.22. The predicted molar refractivity (Wildman–Crippen MR) is 73.9 cm³/mol. The molecule has 1 aliphatic heterocycles. The summed E-state index contributed by atoms with van der Waals surface area (Å²) in [6.07, 6.45) is 1.48. The molecule has 0 radical (unpaired) electrons. The van der Waals surface area contributed by atoms with Crippen molar-refractivity contribution in [1.29, 1.82) is 0 Å². The maximum atomic E-state index is 11.9. The van der Waals surface area contributed by atoms with Gasteiger partial charge >= 0.3 is 0 Å². The van der Waals surface area contributed by atoms with Crippen molar-refractivity contribution in [3.05, 3.63) is 24.3 Å². The third kappa shape index (κ3) is 2.84. The highest BCUT2D eigenvalue weighted by Crippen LogP contribution is 2.24. The molecule has 2 rings (SSSR count). The van der Waals surface area contributed by atoms with Crippen LogP contribution in [0.4, 0.5) is 5.69 Å². The summed E-state index contributed by atoms with van der Waals surface area (Å²) in [5.41, 5.74) is 1.44. The summed E-state index contributed by atoms with van der Waals surface area (Å²) in [5, 5.41) is 5.62. The lowest BCUT2D eigenvalue weighted by molar-refractivity contribution is -0.116. The number of sulfone groups is 1. The molecule has 102 valence electrons. The average Bonchev–Trinajstić information content (AvgIpc) is 2.70. The van der Waals surface area contributed by atoms with Crippen molar-refractivity contribution < 1.29 is 13.2 Å². The van der Waals surface area contributed by atoms with Gasteiger partial charge in [0.1, 0.15) is 0 Å². The SMILES string of the molecule is CC(C)C1=NN(c2ccc(S(C)(=O)=O)cc2)C(=O)C1. The van der Waals surface area contributed by atoms with Crippen LogP contribution in [-0.4, -0.2) is 26.3 Å². The number of rotatable bonds is 3. The third-order valence-corrected chi connectivity index (χ3v) is 4.10. The Labute approximate surface area is 112 Å². The Morgan fingerprint density at radius 1 is 1.21 bits per heavy atom. The number of amides is 1. The summed E-state index contributed by atoms with van der Waals surface area (Å²) in [4.78, 5) is 12.1. The maximum Gasteiger partial charge on any atom is 0.253 e. The number of anilines is 1. The second-order valence-electron chi connectivity index (χ2n) is 4.89. The molecule has 0 aromatic heterocycles. The molecule has 1 aromatic carbocycles. The van der Waals surface area contributed by atoms with Crippen LogP contribution in [0.25, 0.3) is 0 Å². The second kappa shape index (κ2) is 4.77. The van der Waals surface area contributed by atoms with Crippen LogP contribution < -0.4 is 5.01 Å². The number of carbonyl (C=O) groups excluding carboxylic acids is 1. The van der Waals surface area contributed by atoms with E-state index >= 15 is 0 Å². The van der Waals surface area contributed by atoms with E-state index in [0.717, 1.165) is 12.0 Å². The van der Waals surface area contributed by atoms with Gasteiger partial charge < -0.3 is 0 Å². The molecule has 1 amide bonds. The van der Waals surface area contributed by atoms with Crippen molar-refractivity contribution in [2.45, 2.75) is 25.2 Å². The molecule has 6 heteroatoms. The number of hydrogen-bond donors (Lipinski definition) is 0. The molecule has 0 aliphatic carbocycles. The van der Waals surface area contributed by atoms with Crippen LogP contribution in [0.3, 0.4) is 0 Å². The smallest absolute Gasteiger partial charge is 0.253 e. The van der Waals surface area contributed by atoms with Crippen LogP contribution in [0.15, 0.2) is 34.3 Å². The van der Waals surface area contributed by atoms with E-state index in [1.165, 1.54) is 17.1 Å². The fourth-order valence-electron chi connectivity index (χ4n) is 1.81. The second-order valence-corrected chi connectivity index (χ2v) is 6.91. The summed E-state index contributed by atoms with van der Waals surface area (Å²) in [6.45, 7) is 3.98. The lowest BCUT2D eigenvalue weighted by Crippen LogP contribution is -2.19. The Hall–Kier alpha value is -1.69. The van der Waals surface area contributed by atoms with E-state index in [1.807, 2.05) is 13.8 Å². The largest absolute Gasteiger partial charge is 0.272 e. The van der Waals surface area contributed by atoms with Gasteiger partial charge in [0.15, 0.2) is 9.84 Å². The summed E-state index contributed by atoms with van der Waals surface area (Å²) < 4.78 is 22.7. The maximum absolute atomic E-state index is 11.9. The molecule has 1 heterocycles. The molecule has 0 fully saturated rings. The highest BCUT2D eigenvalue weighted by Gasteiger charge is 2.26. The monoisotopic (exact) mass is 280 g/mol. The minimum absolute atomic E-state index is 0.0872. The zero-order chi connectivity index (χ0) is 14.2. The van der Waals surface area contributed by atoms with E-state index in [-0.39, 0.29) is 16.7 Å². The molecular weight excluding hydrogens is 264 g/mol. The van der Waals surface area contributed by atoms with Gasteiger partial charge in [0.2, 0.25) is 0 Å². The molecular formula is C13H16N2O3S. The van der Waals surface area contributed by atoms with E-state index in [9.17, 15) is 13.2 Å². The quantitative estimate of drug-likeness (QED) is 0.848. The molecule has 5 nitrogen and oxygen atoms in total. The van der Waals surface area contributed by atoms with Crippen LogP contribution in [0.2, 0.25) is 0 Å². The van der Waals surface area contributed by atoms with Gasteiger partial charge in [-0.2, -0.15) is 5.10 Å². The Kier molecular flexibility index (Phi) is 3.45. The van der Waals surface area contributed by atoms with E-state index < -0.39 is 9.84 Å². The number of carbonyl (C=O) groups is 1. The zero-order valence-corrected chi connectivity index (χ0v) is 11.9. The van der Waals surface area contributed by atoms with Crippen LogP contribution in [0.5, 0.6) is 0 Å². The molecule has 0 bridgehead atoms. The molecule has 1 aromatic rings. The standard InChI is InChI=1S/C13H16N2O3S/c1-9(2)12-8-13(16)15(14-12)10-4-6-11(7-5-10)19(3,17)18/h4-7,9H,8H2,1-3H3. The van der Waals surface area contributed by atoms with Crippen LogP contribution in [0, 0.1) is 5.92 Å².